The molecule has 14 heteroatoms. The average molecular weight is 708 g/mol. The van der Waals surface area contributed by atoms with E-state index in [0.29, 0.717) is 25.8 Å². The van der Waals surface area contributed by atoms with Crippen molar-refractivity contribution in [2.75, 3.05) is 26.7 Å². The van der Waals surface area contributed by atoms with Crippen LogP contribution in [0, 0.1) is 11.3 Å². The van der Waals surface area contributed by atoms with Crippen LogP contribution in [-0.2, 0) is 24.4 Å². The van der Waals surface area contributed by atoms with Crippen LogP contribution in [0.5, 0.6) is 0 Å². The number of thiophene rings is 1. The largest absolute Gasteiger partial charge is 0.479 e. The number of carboxylic acids is 1. The van der Waals surface area contributed by atoms with Gasteiger partial charge in [0.25, 0.3) is 10.0 Å². The number of nitrogens with one attached hydrogen (secondary N) is 3. The number of likely N-dealkylation sites (N-methyl/N-ethyl adjacent to an activating group) is 1. The molecule has 3 aliphatic rings. The quantitative estimate of drug-likeness (QED) is 0.137. The van der Waals surface area contributed by atoms with Gasteiger partial charge in [0.05, 0.1) is 6.54 Å². The molecule has 0 aromatic carbocycles. The van der Waals surface area contributed by atoms with Gasteiger partial charge in [0.15, 0.2) is 0 Å². The van der Waals surface area contributed by atoms with Crippen LogP contribution in [0.3, 0.4) is 0 Å². The van der Waals surface area contributed by atoms with Crippen LogP contribution in [0.2, 0.25) is 0 Å². The Morgan fingerprint density at radius 3 is 2.56 bits per heavy atom. The molecule has 2 aliphatic carbocycles. The SMILES string of the molecule is CCCCCC/C=C\C1C[C@]1(NC(=O)[C@@H]1CCCN1C(=O)CNC(=O)NC(CN(C)S(=O)(=O)c1cccs1)C1(C)CCCCC1)C(=O)O. The first kappa shape index (κ1) is 37.8. The molecule has 4 rings (SSSR count). The molecule has 48 heavy (non-hydrogen) atoms. The lowest BCUT2D eigenvalue weighted by molar-refractivity contribution is -0.145. The molecule has 1 saturated heterocycles. The molecule has 2 saturated carbocycles. The predicted octanol–water partition coefficient (Wildman–Crippen LogP) is 4.48. The molecule has 4 atom stereocenters. The molecule has 12 nitrogen and oxygen atoms in total. The average Bonchev–Trinajstić information content (AvgIpc) is 3.42. The number of amides is 4. The second-order valence-electron chi connectivity index (χ2n) is 13.9. The Morgan fingerprint density at radius 1 is 1.15 bits per heavy atom. The third-order valence-corrected chi connectivity index (χ3v) is 13.5. The lowest BCUT2D eigenvalue weighted by atomic mass is 9.70. The van der Waals surface area contributed by atoms with Crippen molar-refractivity contribution < 1.29 is 32.7 Å². The first-order valence-electron chi connectivity index (χ1n) is 17.4. The molecule has 4 N–H and O–H groups in total. The minimum Gasteiger partial charge on any atom is -0.479 e. The molecule has 268 valence electrons. The molecule has 3 fully saturated rings. The normalized spacial score (nSPS) is 24.4. The predicted molar refractivity (Wildman–Crippen MR) is 185 cm³/mol. The Morgan fingerprint density at radius 2 is 1.90 bits per heavy atom. The number of allylic oxidation sites excluding steroid dienone is 1. The fourth-order valence-corrected chi connectivity index (χ4v) is 9.47. The molecule has 1 aliphatic heterocycles. The smallest absolute Gasteiger partial charge is 0.330 e. The van der Waals surface area contributed by atoms with Crippen LogP contribution in [0.15, 0.2) is 33.9 Å². The van der Waals surface area contributed by atoms with E-state index in [4.69, 9.17) is 0 Å². The van der Waals surface area contributed by atoms with Gasteiger partial charge in [0.2, 0.25) is 11.8 Å². The summed E-state index contributed by atoms with van der Waals surface area (Å²) in [7, 11) is -2.22. The number of nitrogens with zero attached hydrogens (tertiary/aromatic N) is 2. The van der Waals surface area contributed by atoms with E-state index in [1.54, 1.807) is 17.5 Å². The molecule has 4 amide bonds. The van der Waals surface area contributed by atoms with Crippen LogP contribution in [0.4, 0.5) is 4.79 Å². The second-order valence-corrected chi connectivity index (χ2v) is 17.1. The van der Waals surface area contributed by atoms with Crippen LogP contribution in [-0.4, -0.2) is 90.8 Å². The Kier molecular flexibility index (Phi) is 13.1. The van der Waals surface area contributed by atoms with Crippen LogP contribution < -0.4 is 16.0 Å². The van der Waals surface area contributed by atoms with Gasteiger partial charge in [-0.3, -0.25) is 9.59 Å². The summed E-state index contributed by atoms with van der Waals surface area (Å²) in [5, 5.41) is 20.0. The molecule has 1 aromatic heterocycles. The van der Waals surface area contributed by atoms with E-state index in [1.165, 1.54) is 22.7 Å². The molecule has 1 aromatic rings. The van der Waals surface area contributed by atoms with Gasteiger partial charge < -0.3 is 26.0 Å². The minimum absolute atomic E-state index is 0.0762. The molecule has 2 unspecified atom stereocenters. The Hall–Kier alpha value is -2.97. The number of hydrogen-bond acceptors (Lipinski definition) is 7. The summed E-state index contributed by atoms with van der Waals surface area (Å²) in [5.41, 5.74) is -1.69. The number of rotatable bonds is 17. The van der Waals surface area contributed by atoms with Crippen molar-refractivity contribution in [1.82, 2.24) is 25.2 Å². The highest BCUT2D eigenvalue weighted by Gasteiger charge is 2.61. The lowest BCUT2D eigenvalue weighted by Gasteiger charge is -2.42. The van der Waals surface area contributed by atoms with E-state index in [0.717, 1.165) is 69.1 Å². The van der Waals surface area contributed by atoms with Gasteiger partial charge >= 0.3 is 12.0 Å². The summed E-state index contributed by atoms with van der Waals surface area (Å²) in [6, 6.07) is 1.34. The van der Waals surface area contributed by atoms with E-state index in [-0.39, 0.29) is 28.6 Å². The number of urea groups is 1. The van der Waals surface area contributed by atoms with Gasteiger partial charge in [-0.15, -0.1) is 11.3 Å². The van der Waals surface area contributed by atoms with Crippen molar-refractivity contribution >= 4 is 45.2 Å². The van der Waals surface area contributed by atoms with Crippen molar-refractivity contribution in [3.05, 3.63) is 29.7 Å². The van der Waals surface area contributed by atoms with Crippen molar-refractivity contribution in [2.45, 2.75) is 119 Å². The second kappa shape index (κ2) is 16.6. The Labute approximate surface area is 289 Å². The third kappa shape index (κ3) is 9.17. The first-order valence-corrected chi connectivity index (χ1v) is 19.7. The maximum Gasteiger partial charge on any atom is 0.330 e. The molecule has 2 heterocycles. The van der Waals surface area contributed by atoms with E-state index < -0.39 is 51.5 Å². The number of hydrogen-bond donors (Lipinski definition) is 4. The van der Waals surface area contributed by atoms with Gasteiger partial charge in [-0.1, -0.05) is 70.6 Å². The monoisotopic (exact) mass is 707 g/mol. The first-order chi connectivity index (χ1) is 22.8. The van der Waals surface area contributed by atoms with E-state index in [2.05, 4.69) is 29.8 Å². The zero-order chi connectivity index (χ0) is 35.0. The number of aliphatic carboxylic acids is 1. The summed E-state index contributed by atoms with van der Waals surface area (Å²) >= 11 is 1.14. The number of carboxylic acid groups (broad SMARTS) is 1. The minimum atomic E-state index is -3.73. The van der Waals surface area contributed by atoms with E-state index in [1.807, 2.05) is 12.2 Å². The van der Waals surface area contributed by atoms with Crippen LogP contribution >= 0.6 is 11.3 Å². The maximum atomic E-state index is 13.3. The number of unbranched alkanes of at least 4 members (excludes halogenated alkanes) is 4. The van der Waals surface area contributed by atoms with Gasteiger partial charge in [-0.25, -0.2) is 18.0 Å². The summed E-state index contributed by atoms with van der Waals surface area (Å²) < 4.78 is 27.9. The summed E-state index contributed by atoms with van der Waals surface area (Å²) in [5.74, 6) is -2.31. The lowest BCUT2D eigenvalue weighted by Crippen LogP contribution is -2.57. The van der Waals surface area contributed by atoms with Crippen molar-refractivity contribution in [3.63, 3.8) is 0 Å². The number of sulfonamides is 1. The molecular weight excluding hydrogens is 655 g/mol. The highest BCUT2D eigenvalue weighted by Crippen LogP contribution is 2.45. The Bertz CT molecular complexity index is 1410. The summed E-state index contributed by atoms with van der Waals surface area (Å²) in [6.45, 7) is 4.27. The molecule has 0 spiro atoms. The van der Waals surface area contributed by atoms with Gasteiger partial charge in [0, 0.05) is 32.1 Å². The number of carbonyl (C=O) groups excluding carboxylic acids is 3. The van der Waals surface area contributed by atoms with Crippen molar-refractivity contribution in [3.8, 4) is 0 Å². The summed E-state index contributed by atoms with van der Waals surface area (Å²) in [4.78, 5) is 53.4. The fraction of sp³-hybridized carbons (Fsp3) is 0.706. The van der Waals surface area contributed by atoms with Crippen molar-refractivity contribution in [2.24, 2.45) is 11.3 Å². The fourth-order valence-electron chi connectivity index (χ4n) is 7.09. The maximum absolute atomic E-state index is 13.3. The third-order valence-electron chi connectivity index (χ3n) is 10.4. The highest BCUT2D eigenvalue weighted by atomic mass is 32.2. The van der Waals surface area contributed by atoms with E-state index >= 15 is 0 Å². The van der Waals surface area contributed by atoms with Gasteiger partial charge in [-0.05, 0) is 61.8 Å². The van der Waals surface area contributed by atoms with Crippen LogP contribution in [0.1, 0.15) is 97.3 Å². The zero-order valence-electron chi connectivity index (χ0n) is 28.5. The topological polar surface area (TPSA) is 165 Å². The summed E-state index contributed by atoms with van der Waals surface area (Å²) in [6.07, 6.45) is 15.3. The van der Waals surface area contributed by atoms with E-state index in [9.17, 15) is 32.7 Å². The van der Waals surface area contributed by atoms with Crippen molar-refractivity contribution in [1.29, 1.82) is 0 Å². The molecule has 0 radical (unpaired) electrons. The Balaban J connectivity index is 1.33. The zero-order valence-corrected chi connectivity index (χ0v) is 30.2. The standard InChI is InChI=1S/C34H53N5O7S2/c1-4-5-6-7-8-10-15-25-22-34(25,31(42)43)37-30(41)26-16-13-20-39(26)28(40)23-35-32(44)36-27(33(2)18-11-9-12-19-33)24-38(3)48(45,46)29-17-14-21-47-29/h10,14-15,17,21,25-27H,4-9,11-13,16,18-20,22-24H2,1-3H3,(H,37,41)(H,42,43)(H2,35,36,44)/b15-10-/t25?,26-,27?,34+/m0/s1. The van der Waals surface area contributed by atoms with Gasteiger partial charge in [0.1, 0.15) is 15.8 Å². The van der Waals surface area contributed by atoms with Crippen LogP contribution in [0.25, 0.3) is 0 Å². The molecular formula is C34H53N5O7S2. The number of carbonyl (C=O) groups is 4. The van der Waals surface area contributed by atoms with Gasteiger partial charge in [-0.2, -0.15) is 4.31 Å². The number of likely N-dealkylation sites (tertiary alicyclic amines) is 1. The highest BCUT2D eigenvalue weighted by molar-refractivity contribution is 7.91. The molecule has 0 bridgehead atoms.